The van der Waals surface area contributed by atoms with Crippen LogP contribution in [-0.2, 0) is 11.2 Å². The molecule has 0 radical (unpaired) electrons. The van der Waals surface area contributed by atoms with Crippen LogP contribution in [-0.4, -0.2) is 18.6 Å². The number of hydrogen-bond acceptors (Lipinski definition) is 2. The molecule has 0 aliphatic carbocycles. The summed E-state index contributed by atoms with van der Waals surface area (Å²) in [6, 6.07) is 22.2. The van der Waals surface area contributed by atoms with E-state index in [0.29, 0.717) is 0 Å². The molecule has 120 valence electrons. The van der Waals surface area contributed by atoms with Crippen molar-refractivity contribution in [2.45, 2.75) is 19.4 Å². The number of benzene rings is 3. The molecular formula is C21H19NO2. The fraction of sp³-hybridized carbons (Fsp3) is 0.190. The molecule has 0 spiro atoms. The number of hydrogen-bond donors (Lipinski definition) is 0. The Morgan fingerprint density at radius 3 is 2.71 bits per heavy atom. The minimum absolute atomic E-state index is 0.000356. The van der Waals surface area contributed by atoms with E-state index < -0.39 is 0 Å². The molecule has 1 aliphatic heterocycles. The van der Waals surface area contributed by atoms with Gasteiger partial charge in [-0.2, -0.15) is 0 Å². The summed E-state index contributed by atoms with van der Waals surface area (Å²) in [6.45, 7) is 2.13. The van der Waals surface area contributed by atoms with Gasteiger partial charge < -0.3 is 9.64 Å². The van der Waals surface area contributed by atoms with Gasteiger partial charge in [-0.15, -0.1) is 0 Å². The summed E-state index contributed by atoms with van der Waals surface area (Å²) in [7, 11) is 0. The lowest BCUT2D eigenvalue weighted by Gasteiger charge is -2.23. The zero-order chi connectivity index (χ0) is 16.5. The average Bonchev–Trinajstić information content (AvgIpc) is 2.95. The number of amides is 1. The van der Waals surface area contributed by atoms with Crippen molar-refractivity contribution in [1.29, 1.82) is 0 Å². The summed E-state index contributed by atoms with van der Waals surface area (Å²) >= 11 is 0. The molecule has 4 rings (SSSR count). The zero-order valence-electron chi connectivity index (χ0n) is 13.6. The van der Waals surface area contributed by atoms with Gasteiger partial charge in [0.1, 0.15) is 5.75 Å². The highest BCUT2D eigenvalue weighted by Gasteiger charge is 2.30. The van der Waals surface area contributed by atoms with Crippen molar-refractivity contribution in [3.8, 4) is 5.75 Å². The molecule has 3 aromatic carbocycles. The first-order chi connectivity index (χ1) is 11.7. The predicted octanol–water partition coefficient (Wildman–Crippen LogP) is 4.20. The number of ether oxygens (including phenoxy) is 1. The molecule has 1 aliphatic rings. The van der Waals surface area contributed by atoms with Crippen LogP contribution in [0.1, 0.15) is 12.5 Å². The molecule has 1 amide bonds. The maximum absolute atomic E-state index is 12.7. The number of rotatable bonds is 3. The first-order valence-electron chi connectivity index (χ1n) is 8.24. The van der Waals surface area contributed by atoms with Crippen LogP contribution >= 0.6 is 0 Å². The Kier molecular flexibility index (Phi) is 3.69. The van der Waals surface area contributed by atoms with E-state index in [1.54, 1.807) is 0 Å². The molecule has 0 unspecified atom stereocenters. The van der Waals surface area contributed by atoms with E-state index in [9.17, 15) is 4.79 Å². The van der Waals surface area contributed by atoms with Gasteiger partial charge in [-0.1, -0.05) is 54.6 Å². The molecule has 0 saturated carbocycles. The largest absolute Gasteiger partial charge is 0.483 e. The van der Waals surface area contributed by atoms with Crippen LogP contribution in [0.5, 0.6) is 5.75 Å². The van der Waals surface area contributed by atoms with Gasteiger partial charge in [0.25, 0.3) is 5.91 Å². The van der Waals surface area contributed by atoms with Crippen molar-refractivity contribution in [2.24, 2.45) is 0 Å². The standard InChI is InChI=1S/C21H19NO2/c1-15-13-17-8-3-5-11-19(17)22(15)21(23)14-24-20-12-6-9-16-7-2-4-10-18(16)20/h2-12,15H,13-14H2,1H3/t15-/m1/s1. The van der Waals surface area contributed by atoms with E-state index in [2.05, 4.69) is 13.0 Å². The van der Waals surface area contributed by atoms with Crippen LogP contribution in [0.2, 0.25) is 0 Å². The molecule has 3 aromatic rings. The molecule has 0 bridgehead atoms. The highest BCUT2D eigenvalue weighted by molar-refractivity contribution is 5.97. The van der Waals surface area contributed by atoms with Crippen molar-refractivity contribution in [1.82, 2.24) is 0 Å². The molecule has 0 saturated heterocycles. The van der Waals surface area contributed by atoms with E-state index in [1.165, 1.54) is 5.56 Å². The van der Waals surface area contributed by atoms with Gasteiger partial charge in [0.2, 0.25) is 0 Å². The summed E-state index contributed by atoms with van der Waals surface area (Å²) in [5.41, 5.74) is 2.24. The van der Waals surface area contributed by atoms with Gasteiger partial charge in [-0.3, -0.25) is 4.79 Å². The number of para-hydroxylation sites is 1. The zero-order valence-corrected chi connectivity index (χ0v) is 13.6. The van der Waals surface area contributed by atoms with Crippen LogP contribution in [0.15, 0.2) is 66.7 Å². The lowest BCUT2D eigenvalue weighted by atomic mass is 10.1. The summed E-state index contributed by atoms with van der Waals surface area (Å²) in [5.74, 6) is 0.752. The highest BCUT2D eigenvalue weighted by Crippen LogP contribution is 2.32. The van der Waals surface area contributed by atoms with Crippen molar-refractivity contribution < 1.29 is 9.53 Å². The molecule has 0 fully saturated rings. The van der Waals surface area contributed by atoms with Gasteiger partial charge in [-0.05, 0) is 36.4 Å². The monoisotopic (exact) mass is 317 g/mol. The maximum Gasteiger partial charge on any atom is 0.265 e. The fourth-order valence-electron chi connectivity index (χ4n) is 3.48. The smallest absolute Gasteiger partial charge is 0.265 e. The van der Waals surface area contributed by atoms with E-state index >= 15 is 0 Å². The summed E-state index contributed by atoms with van der Waals surface area (Å²) in [4.78, 5) is 14.6. The highest BCUT2D eigenvalue weighted by atomic mass is 16.5. The van der Waals surface area contributed by atoms with Crippen molar-refractivity contribution >= 4 is 22.4 Å². The Bertz CT molecular complexity index is 898. The van der Waals surface area contributed by atoms with Gasteiger partial charge in [0.05, 0.1) is 0 Å². The van der Waals surface area contributed by atoms with Gasteiger partial charge >= 0.3 is 0 Å². The van der Waals surface area contributed by atoms with Crippen LogP contribution in [0.3, 0.4) is 0 Å². The number of fused-ring (bicyclic) bond motifs is 2. The SMILES string of the molecule is C[C@@H]1Cc2ccccc2N1C(=O)COc1cccc2ccccc12. The average molecular weight is 317 g/mol. The molecular weight excluding hydrogens is 298 g/mol. The molecule has 0 N–H and O–H groups in total. The number of carbonyl (C=O) groups excluding carboxylic acids is 1. The van der Waals surface area contributed by atoms with Crippen LogP contribution in [0, 0.1) is 0 Å². The van der Waals surface area contributed by atoms with Crippen LogP contribution in [0.25, 0.3) is 10.8 Å². The maximum atomic E-state index is 12.7. The molecule has 1 atom stereocenters. The molecule has 24 heavy (non-hydrogen) atoms. The molecule has 3 heteroatoms. The minimum Gasteiger partial charge on any atom is -0.483 e. The normalized spacial score (nSPS) is 16.2. The second-order valence-corrected chi connectivity index (χ2v) is 6.21. The van der Waals surface area contributed by atoms with E-state index in [-0.39, 0.29) is 18.6 Å². The summed E-state index contributed by atoms with van der Waals surface area (Å²) in [6.07, 6.45) is 0.899. The Labute approximate surface area is 141 Å². The van der Waals surface area contributed by atoms with Gasteiger partial charge in [-0.25, -0.2) is 0 Å². The van der Waals surface area contributed by atoms with E-state index in [1.807, 2.05) is 65.6 Å². The number of carbonyl (C=O) groups is 1. The second-order valence-electron chi connectivity index (χ2n) is 6.21. The summed E-state index contributed by atoms with van der Waals surface area (Å²) in [5, 5.41) is 2.14. The summed E-state index contributed by atoms with van der Waals surface area (Å²) < 4.78 is 5.87. The first kappa shape index (κ1) is 14.8. The molecule has 3 nitrogen and oxygen atoms in total. The number of anilines is 1. The Hall–Kier alpha value is -2.81. The van der Waals surface area contributed by atoms with Gasteiger partial charge in [0, 0.05) is 17.1 Å². The van der Waals surface area contributed by atoms with Crippen LogP contribution in [0.4, 0.5) is 5.69 Å². The first-order valence-corrected chi connectivity index (χ1v) is 8.24. The molecule has 1 heterocycles. The molecule has 0 aromatic heterocycles. The Morgan fingerprint density at radius 2 is 1.79 bits per heavy atom. The topological polar surface area (TPSA) is 29.5 Å². The van der Waals surface area contributed by atoms with Crippen molar-refractivity contribution in [3.05, 3.63) is 72.3 Å². The van der Waals surface area contributed by atoms with E-state index in [0.717, 1.165) is 28.6 Å². The van der Waals surface area contributed by atoms with Crippen LogP contribution < -0.4 is 9.64 Å². The third-order valence-corrected chi connectivity index (χ3v) is 4.58. The predicted molar refractivity (Wildman–Crippen MR) is 96.5 cm³/mol. The quantitative estimate of drug-likeness (QED) is 0.724. The lowest BCUT2D eigenvalue weighted by molar-refractivity contribution is -0.120. The van der Waals surface area contributed by atoms with Gasteiger partial charge in [0.15, 0.2) is 6.61 Å². The fourth-order valence-corrected chi connectivity index (χ4v) is 3.48. The Balaban J connectivity index is 1.55. The van der Waals surface area contributed by atoms with E-state index in [4.69, 9.17) is 4.74 Å². The number of nitrogens with zero attached hydrogens (tertiary/aromatic N) is 1. The second kappa shape index (κ2) is 6.00. The van der Waals surface area contributed by atoms with Crippen molar-refractivity contribution in [2.75, 3.05) is 11.5 Å². The minimum atomic E-state index is 0.000356. The van der Waals surface area contributed by atoms with Crippen molar-refractivity contribution in [3.63, 3.8) is 0 Å². The third kappa shape index (κ3) is 2.52. The Morgan fingerprint density at radius 1 is 1.04 bits per heavy atom. The third-order valence-electron chi connectivity index (χ3n) is 4.58. The lowest BCUT2D eigenvalue weighted by Crippen LogP contribution is -2.39.